The van der Waals surface area contributed by atoms with Gasteiger partial charge in [-0.15, -0.1) is 0 Å². The first kappa shape index (κ1) is 22.8. The number of sulfone groups is 1. The lowest BCUT2D eigenvalue weighted by atomic mass is 10.0. The first-order valence-corrected chi connectivity index (χ1v) is 9.79. The maximum atomic E-state index is 13.2. The molecule has 2 rings (SSSR count). The van der Waals surface area contributed by atoms with E-state index in [1.807, 2.05) is 0 Å². The van der Waals surface area contributed by atoms with Crippen molar-refractivity contribution in [2.45, 2.75) is 59.7 Å². The lowest BCUT2D eigenvalue weighted by Gasteiger charge is -2.46. The van der Waals surface area contributed by atoms with Crippen LogP contribution in [0.5, 0.6) is 0 Å². The number of hydrogen-bond acceptors (Lipinski definition) is 12. The molecule has 0 radical (unpaired) electrons. The number of aliphatic hydroxyl groups is 6. The molecular weight excluding hydrogens is 392 g/mol. The highest BCUT2D eigenvalue weighted by Gasteiger charge is 2.59. The molecule has 2 aliphatic rings. The Hall–Kier alpha value is -0.450. The molecule has 0 unspecified atom stereocenters. The molecular formula is C14H26O12S. The topological polar surface area (TPSA) is 192 Å². The fourth-order valence-corrected chi connectivity index (χ4v) is 5.98. The molecule has 0 aromatic carbocycles. The second kappa shape index (κ2) is 8.92. The summed E-state index contributed by atoms with van der Waals surface area (Å²) in [7, 11) is -2.44. The van der Waals surface area contributed by atoms with Gasteiger partial charge in [0.15, 0.2) is 22.4 Å². The Bertz CT molecular complexity index is 509. The third-order valence-corrected chi connectivity index (χ3v) is 7.50. The SMILES string of the molecule is CO[C@@H]1O[C@H](CO)[C@@H](O)[C@@H](S(=O)(=O)[C@H]2[C@@H](O)[C@H](OC)O[C@H](CO)[C@H]2O)[C@H]1O. The van der Waals surface area contributed by atoms with E-state index in [0.717, 1.165) is 14.2 Å². The molecule has 13 heteroatoms. The van der Waals surface area contributed by atoms with Gasteiger partial charge in [0.05, 0.1) is 13.2 Å². The van der Waals surface area contributed by atoms with Crippen molar-refractivity contribution in [1.82, 2.24) is 0 Å². The monoisotopic (exact) mass is 418 g/mol. The zero-order valence-electron chi connectivity index (χ0n) is 14.7. The predicted molar refractivity (Wildman–Crippen MR) is 86.0 cm³/mol. The lowest BCUT2D eigenvalue weighted by Crippen LogP contribution is -2.68. The Morgan fingerprint density at radius 1 is 0.741 bits per heavy atom. The van der Waals surface area contributed by atoms with Crippen LogP contribution in [0.1, 0.15) is 0 Å². The van der Waals surface area contributed by atoms with Crippen LogP contribution in [-0.2, 0) is 28.8 Å². The number of aliphatic hydroxyl groups excluding tert-OH is 6. The van der Waals surface area contributed by atoms with Gasteiger partial charge in [0.2, 0.25) is 0 Å². The molecule has 10 atom stereocenters. The van der Waals surface area contributed by atoms with Crippen LogP contribution < -0.4 is 0 Å². The first-order chi connectivity index (χ1) is 12.6. The average Bonchev–Trinajstić information content (AvgIpc) is 2.62. The van der Waals surface area contributed by atoms with Gasteiger partial charge in [-0.25, -0.2) is 8.42 Å². The van der Waals surface area contributed by atoms with Crippen LogP contribution in [0.15, 0.2) is 0 Å². The molecule has 2 aliphatic heterocycles. The molecule has 6 N–H and O–H groups in total. The number of methoxy groups -OCH3 is 2. The van der Waals surface area contributed by atoms with E-state index in [4.69, 9.17) is 18.9 Å². The average molecular weight is 418 g/mol. The van der Waals surface area contributed by atoms with Gasteiger partial charge in [0, 0.05) is 14.2 Å². The molecule has 2 heterocycles. The largest absolute Gasteiger partial charge is 0.394 e. The summed E-state index contributed by atoms with van der Waals surface area (Å²) in [5, 5.41) is 56.1. The minimum absolute atomic E-state index is 0.765. The van der Waals surface area contributed by atoms with Gasteiger partial charge in [-0.3, -0.25) is 0 Å². The van der Waals surface area contributed by atoms with Crippen molar-refractivity contribution in [3.8, 4) is 0 Å². The van der Waals surface area contributed by atoms with Crippen LogP contribution >= 0.6 is 0 Å². The molecule has 2 saturated heterocycles. The fraction of sp³-hybridized carbons (Fsp3) is 1.00. The standard InChI is InChI=1S/C14H26O12S/c1-23-13-9(19)11(7(17)5(3-15)25-13)27(21,22)12-8(18)6(4-16)26-14(24-2)10(12)20/h5-20H,3-4H2,1-2H3/t5-,6-,7-,8-,9-,10-,11-,12-,13-,14-/m1/s1. The van der Waals surface area contributed by atoms with E-state index in [-0.39, 0.29) is 0 Å². The molecule has 2 fully saturated rings. The smallest absolute Gasteiger partial charge is 0.185 e. The van der Waals surface area contributed by atoms with E-state index in [2.05, 4.69) is 0 Å². The van der Waals surface area contributed by atoms with E-state index >= 15 is 0 Å². The zero-order valence-corrected chi connectivity index (χ0v) is 15.5. The van der Waals surface area contributed by atoms with Gasteiger partial charge in [-0.1, -0.05) is 0 Å². The number of ether oxygens (including phenoxy) is 4. The Labute approximate surface area is 155 Å². The minimum atomic E-state index is -4.70. The van der Waals surface area contributed by atoms with Gasteiger partial charge in [0.1, 0.15) is 47.1 Å². The van der Waals surface area contributed by atoms with Crippen molar-refractivity contribution in [3.05, 3.63) is 0 Å². The molecule has 0 aliphatic carbocycles. The van der Waals surface area contributed by atoms with Gasteiger partial charge in [0.25, 0.3) is 0 Å². The van der Waals surface area contributed by atoms with Crippen molar-refractivity contribution in [2.75, 3.05) is 27.4 Å². The molecule has 12 nitrogen and oxygen atoms in total. The normalized spacial score (nSPS) is 46.4. The molecule has 0 bridgehead atoms. The summed E-state index contributed by atoms with van der Waals surface area (Å²) in [6, 6.07) is 0. The van der Waals surface area contributed by atoms with E-state index < -0.39 is 82.8 Å². The fourth-order valence-electron chi connectivity index (χ4n) is 3.45. The maximum Gasteiger partial charge on any atom is 0.185 e. The molecule has 160 valence electrons. The predicted octanol–water partition coefficient (Wildman–Crippen LogP) is -4.69. The van der Waals surface area contributed by atoms with Crippen molar-refractivity contribution < 1.29 is 58.0 Å². The third kappa shape index (κ3) is 4.00. The maximum absolute atomic E-state index is 13.2. The number of hydrogen-bond donors (Lipinski definition) is 6. The highest BCUT2D eigenvalue weighted by atomic mass is 32.2. The zero-order chi connectivity index (χ0) is 20.5. The summed E-state index contributed by atoms with van der Waals surface area (Å²) in [5.74, 6) is 0. The first-order valence-electron chi connectivity index (χ1n) is 8.18. The molecule has 0 aromatic heterocycles. The van der Waals surface area contributed by atoms with Crippen molar-refractivity contribution in [2.24, 2.45) is 0 Å². The van der Waals surface area contributed by atoms with Gasteiger partial charge in [-0.2, -0.15) is 0 Å². The third-order valence-electron chi connectivity index (χ3n) is 4.87. The Morgan fingerprint density at radius 2 is 1.07 bits per heavy atom. The van der Waals surface area contributed by atoms with E-state index in [1.54, 1.807) is 0 Å². The molecule has 0 saturated carbocycles. The van der Waals surface area contributed by atoms with Crippen molar-refractivity contribution in [1.29, 1.82) is 0 Å². The second-order valence-electron chi connectivity index (χ2n) is 6.40. The lowest BCUT2D eigenvalue weighted by molar-refractivity contribution is -0.264. The molecule has 0 aromatic rings. The van der Waals surface area contributed by atoms with E-state index in [0.29, 0.717) is 0 Å². The summed E-state index contributed by atoms with van der Waals surface area (Å²) < 4.78 is 46.3. The molecule has 27 heavy (non-hydrogen) atoms. The number of rotatable bonds is 6. The van der Waals surface area contributed by atoms with Gasteiger partial charge in [-0.05, 0) is 0 Å². The second-order valence-corrected chi connectivity index (χ2v) is 8.67. The van der Waals surface area contributed by atoms with Crippen LogP contribution in [-0.4, -0.2) is 126 Å². The molecule has 0 amide bonds. The summed E-state index contributed by atoms with van der Waals surface area (Å²) >= 11 is 0. The van der Waals surface area contributed by atoms with Gasteiger partial charge < -0.3 is 49.6 Å². The summed E-state index contributed by atoms with van der Waals surface area (Å²) in [6.07, 6.45) is -13.3. The van der Waals surface area contributed by atoms with Crippen LogP contribution in [0.2, 0.25) is 0 Å². The van der Waals surface area contributed by atoms with E-state index in [1.165, 1.54) is 0 Å². The van der Waals surface area contributed by atoms with Crippen LogP contribution in [0.25, 0.3) is 0 Å². The van der Waals surface area contributed by atoms with Crippen LogP contribution in [0.4, 0.5) is 0 Å². The Morgan fingerprint density at radius 3 is 1.33 bits per heavy atom. The Balaban J connectivity index is 2.46. The van der Waals surface area contributed by atoms with Crippen molar-refractivity contribution in [3.63, 3.8) is 0 Å². The summed E-state index contributed by atoms with van der Waals surface area (Å²) in [5.41, 5.74) is 0. The van der Waals surface area contributed by atoms with Crippen LogP contribution in [0.3, 0.4) is 0 Å². The molecule has 0 spiro atoms. The Kier molecular flexibility index (Phi) is 7.54. The summed E-state index contributed by atoms with van der Waals surface area (Å²) in [4.78, 5) is 0. The van der Waals surface area contributed by atoms with E-state index in [9.17, 15) is 39.1 Å². The van der Waals surface area contributed by atoms with Gasteiger partial charge >= 0.3 is 0 Å². The van der Waals surface area contributed by atoms with Crippen LogP contribution in [0, 0.1) is 0 Å². The minimum Gasteiger partial charge on any atom is -0.394 e. The highest BCUT2D eigenvalue weighted by Crippen LogP contribution is 2.34. The summed E-state index contributed by atoms with van der Waals surface area (Å²) in [6.45, 7) is -1.53. The quantitative estimate of drug-likeness (QED) is 0.242. The van der Waals surface area contributed by atoms with Crippen molar-refractivity contribution >= 4 is 9.84 Å². The highest BCUT2D eigenvalue weighted by molar-refractivity contribution is 7.92.